The molecule has 2 saturated carbocycles. The molecule has 3 rings (SSSR count). The number of nitrogens with zero attached hydrogens (tertiary/aromatic N) is 1. The monoisotopic (exact) mass is 317 g/mol. The van der Waals surface area contributed by atoms with Crippen molar-refractivity contribution >= 4 is 0 Å². The fourth-order valence-corrected chi connectivity index (χ4v) is 4.62. The summed E-state index contributed by atoms with van der Waals surface area (Å²) in [5, 5.41) is 8.77. The van der Waals surface area contributed by atoms with Gasteiger partial charge in [0.05, 0.1) is 0 Å². The Morgan fingerprint density at radius 2 is 1.35 bits per heavy atom. The zero-order valence-electron chi connectivity index (χ0n) is 13.8. The third-order valence-corrected chi connectivity index (χ3v) is 6.15. The summed E-state index contributed by atoms with van der Waals surface area (Å²) in [6.45, 7) is 2.35. The van der Waals surface area contributed by atoms with E-state index in [0.29, 0.717) is 0 Å². The molecule has 0 radical (unpaired) electrons. The Morgan fingerprint density at radius 1 is 0.870 bits per heavy atom. The van der Waals surface area contributed by atoms with E-state index < -0.39 is 17.2 Å². The van der Waals surface area contributed by atoms with E-state index in [9.17, 15) is 8.78 Å². The van der Waals surface area contributed by atoms with Crippen LogP contribution in [0.3, 0.4) is 0 Å². The third-order valence-electron chi connectivity index (χ3n) is 6.15. The Labute approximate surface area is 137 Å². The van der Waals surface area contributed by atoms with Gasteiger partial charge in [-0.05, 0) is 79.9 Å². The molecule has 2 aliphatic carbocycles. The second-order valence-electron chi connectivity index (χ2n) is 7.60. The van der Waals surface area contributed by atoms with E-state index in [1.54, 1.807) is 6.07 Å². The van der Waals surface area contributed by atoms with Crippen LogP contribution in [0.15, 0.2) is 12.1 Å². The van der Waals surface area contributed by atoms with Crippen LogP contribution < -0.4 is 0 Å². The van der Waals surface area contributed by atoms with E-state index in [4.69, 9.17) is 5.26 Å². The van der Waals surface area contributed by atoms with Crippen molar-refractivity contribution in [3.63, 3.8) is 0 Å². The van der Waals surface area contributed by atoms with Crippen molar-refractivity contribution in [2.45, 2.75) is 64.2 Å². The van der Waals surface area contributed by atoms with Crippen LogP contribution in [0.4, 0.5) is 8.78 Å². The molecule has 2 fully saturated rings. The van der Waals surface area contributed by atoms with Gasteiger partial charge in [0.25, 0.3) is 0 Å². The quantitative estimate of drug-likeness (QED) is 0.662. The second kappa shape index (κ2) is 6.99. The van der Waals surface area contributed by atoms with E-state index in [1.165, 1.54) is 50.7 Å². The van der Waals surface area contributed by atoms with E-state index in [-0.39, 0.29) is 5.92 Å². The zero-order valence-corrected chi connectivity index (χ0v) is 13.8. The molecule has 2 aliphatic rings. The SMILES string of the molecule is C[C@H]1CC[C@H](C2CCC(c3cc(F)c(C#N)c(F)c3)CC2)CC1. The molecule has 0 amide bonds. The molecule has 0 aromatic heterocycles. The maximum atomic E-state index is 13.8. The van der Waals surface area contributed by atoms with Crippen molar-refractivity contribution in [1.29, 1.82) is 5.26 Å². The zero-order chi connectivity index (χ0) is 16.4. The van der Waals surface area contributed by atoms with E-state index in [2.05, 4.69) is 6.92 Å². The van der Waals surface area contributed by atoms with E-state index in [0.717, 1.165) is 36.2 Å². The van der Waals surface area contributed by atoms with Crippen LogP contribution in [-0.4, -0.2) is 0 Å². The minimum Gasteiger partial charge on any atom is -0.205 e. The highest BCUT2D eigenvalue weighted by Crippen LogP contribution is 2.44. The lowest BCUT2D eigenvalue weighted by molar-refractivity contribution is 0.165. The topological polar surface area (TPSA) is 23.8 Å². The molecule has 0 aliphatic heterocycles. The highest BCUT2D eigenvalue weighted by atomic mass is 19.1. The minimum atomic E-state index is -0.717. The van der Waals surface area contributed by atoms with Crippen LogP contribution in [0.5, 0.6) is 0 Å². The average Bonchev–Trinajstić information content (AvgIpc) is 2.55. The average molecular weight is 317 g/mol. The lowest BCUT2D eigenvalue weighted by Crippen LogP contribution is -2.24. The van der Waals surface area contributed by atoms with Gasteiger partial charge in [0.2, 0.25) is 0 Å². The maximum absolute atomic E-state index is 13.8. The van der Waals surface area contributed by atoms with Crippen molar-refractivity contribution in [2.24, 2.45) is 17.8 Å². The molecule has 124 valence electrons. The van der Waals surface area contributed by atoms with Crippen molar-refractivity contribution in [2.75, 3.05) is 0 Å². The van der Waals surface area contributed by atoms with E-state index in [1.807, 2.05) is 0 Å². The molecule has 0 bridgehead atoms. The predicted molar refractivity (Wildman–Crippen MR) is 86.9 cm³/mol. The molecule has 1 nitrogen and oxygen atoms in total. The summed E-state index contributed by atoms with van der Waals surface area (Å²) < 4.78 is 27.6. The number of halogens is 2. The summed E-state index contributed by atoms with van der Waals surface area (Å²) >= 11 is 0. The summed E-state index contributed by atoms with van der Waals surface area (Å²) in [5.74, 6) is 1.35. The van der Waals surface area contributed by atoms with E-state index >= 15 is 0 Å². The van der Waals surface area contributed by atoms with Crippen LogP contribution in [0.2, 0.25) is 0 Å². The van der Waals surface area contributed by atoms with Crippen LogP contribution in [0, 0.1) is 40.7 Å². The Hall–Kier alpha value is -1.43. The lowest BCUT2D eigenvalue weighted by Gasteiger charge is -2.37. The Bertz CT molecular complexity index is 565. The molecule has 0 atom stereocenters. The number of hydrogen-bond acceptors (Lipinski definition) is 1. The van der Waals surface area contributed by atoms with Crippen molar-refractivity contribution in [3.8, 4) is 6.07 Å². The predicted octanol–water partition coefficient (Wildman–Crippen LogP) is 5.94. The smallest absolute Gasteiger partial charge is 0.144 e. The molecule has 1 aromatic carbocycles. The van der Waals surface area contributed by atoms with Gasteiger partial charge >= 0.3 is 0 Å². The fourth-order valence-electron chi connectivity index (χ4n) is 4.62. The third kappa shape index (κ3) is 3.57. The van der Waals surface area contributed by atoms with Crippen LogP contribution >= 0.6 is 0 Å². The Morgan fingerprint density at radius 3 is 1.83 bits per heavy atom. The molecule has 1 aromatic rings. The summed E-state index contributed by atoms with van der Waals surface area (Å²) in [5.41, 5.74) is 0.272. The summed E-state index contributed by atoms with van der Waals surface area (Å²) in [7, 11) is 0. The van der Waals surface area contributed by atoms with Gasteiger partial charge in [-0.3, -0.25) is 0 Å². The first-order chi connectivity index (χ1) is 11.1. The maximum Gasteiger partial charge on any atom is 0.144 e. The fraction of sp³-hybridized carbons (Fsp3) is 0.650. The van der Waals surface area contributed by atoms with Gasteiger partial charge in [0.1, 0.15) is 23.3 Å². The number of rotatable bonds is 2. The first-order valence-electron chi connectivity index (χ1n) is 8.97. The van der Waals surface area contributed by atoms with Crippen LogP contribution in [0.25, 0.3) is 0 Å². The minimum absolute atomic E-state index is 0.241. The van der Waals surface area contributed by atoms with Crippen molar-refractivity contribution in [1.82, 2.24) is 0 Å². The highest BCUT2D eigenvalue weighted by molar-refractivity contribution is 5.36. The van der Waals surface area contributed by atoms with Gasteiger partial charge in [0, 0.05) is 0 Å². The molecule has 23 heavy (non-hydrogen) atoms. The largest absolute Gasteiger partial charge is 0.205 e. The van der Waals surface area contributed by atoms with Crippen molar-refractivity contribution in [3.05, 3.63) is 34.9 Å². The summed E-state index contributed by atoms with van der Waals surface area (Å²) in [6, 6.07) is 4.34. The number of hydrogen-bond donors (Lipinski definition) is 0. The second-order valence-corrected chi connectivity index (χ2v) is 7.60. The standard InChI is InChI=1S/C20H25F2N/c1-13-2-4-14(5-3-13)15-6-8-16(9-7-15)17-10-19(21)18(12-23)20(22)11-17/h10-11,13-16H,2-9H2,1H3/t13-,14-,15?,16?. The summed E-state index contributed by atoms with van der Waals surface area (Å²) in [6.07, 6.45) is 9.81. The van der Waals surface area contributed by atoms with Crippen LogP contribution in [-0.2, 0) is 0 Å². The molecule has 0 heterocycles. The first-order valence-corrected chi connectivity index (χ1v) is 8.97. The number of nitriles is 1. The van der Waals surface area contributed by atoms with Crippen LogP contribution in [0.1, 0.15) is 75.3 Å². The van der Waals surface area contributed by atoms with Gasteiger partial charge in [-0.15, -0.1) is 0 Å². The number of benzene rings is 1. The van der Waals surface area contributed by atoms with Gasteiger partial charge in [-0.1, -0.05) is 19.8 Å². The highest BCUT2D eigenvalue weighted by Gasteiger charge is 2.30. The first kappa shape index (κ1) is 16.4. The Balaban J connectivity index is 1.62. The molecular formula is C20H25F2N. The molecule has 0 N–H and O–H groups in total. The van der Waals surface area contributed by atoms with Gasteiger partial charge in [-0.25, -0.2) is 8.78 Å². The van der Waals surface area contributed by atoms with Gasteiger partial charge in [0.15, 0.2) is 0 Å². The normalized spacial score (nSPS) is 31.6. The molecule has 0 unspecified atom stereocenters. The molecule has 0 saturated heterocycles. The van der Waals surface area contributed by atoms with Crippen molar-refractivity contribution < 1.29 is 8.78 Å². The lowest BCUT2D eigenvalue weighted by atomic mass is 9.68. The van der Waals surface area contributed by atoms with Gasteiger partial charge in [-0.2, -0.15) is 5.26 Å². The Kier molecular flexibility index (Phi) is 4.99. The molecular weight excluding hydrogens is 292 g/mol. The van der Waals surface area contributed by atoms with Gasteiger partial charge < -0.3 is 0 Å². The molecule has 3 heteroatoms. The summed E-state index contributed by atoms with van der Waals surface area (Å²) in [4.78, 5) is 0. The molecule has 0 spiro atoms.